The third-order valence-electron chi connectivity index (χ3n) is 6.74. The van der Waals surface area contributed by atoms with Crippen molar-refractivity contribution in [2.45, 2.75) is 32.6 Å². The van der Waals surface area contributed by atoms with Gasteiger partial charge in [0.25, 0.3) is 5.91 Å². The Hall–Kier alpha value is -3.36. The van der Waals surface area contributed by atoms with Crippen LogP contribution in [0.5, 0.6) is 0 Å². The molecule has 36 heavy (non-hydrogen) atoms. The van der Waals surface area contributed by atoms with Crippen molar-refractivity contribution in [3.63, 3.8) is 0 Å². The lowest BCUT2D eigenvalue weighted by Crippen LogP contribution is -2.36. The zero-order chi connectivity index (χ0) is 25.1. The van der Waals surface area contributed by atoms with Gasteiger partial charge < -0.3 is 10.2 Å². The Morgan fingerprint density at radius 2 is 1.69 bits per heavy atom. The van der Waals surface area contributed by atoms with Gasteiger partial charge in [0.1, 0.15) is 5.51 Å². The minimum Gasteiger partial charge on any atom is -0.339 e. The van der Waals surface area contributed by atoms with Gasteiger partial charge in [0.15, 0.2) is 0 Å². The number of hydrogen-bond donors (Lipinski definition) is 1. The van der Waals surface area contributed by atoms with Crippen LogP contribution in [0.15, 0.2) is 72.2 Å². The number of rotatable bonds is 7. The van der Waals surface area contributed by atoms with E-state index < -0.39 is 5.41 Å². The molecule has 1 aliphatic heterocycles. The van der Waals surface area contributed by atoms with Gasteiger partial charge >= 0.3 is 0 Å². The van der Waals surface area contributed by atoms with Gasteiger partial charge in [-0.15, -0.1) is 21.5 Å². The van der Waals surface area contributed by atoms with Crippen LogP contribution in [-0.4, -0.2) is 40.0 Å². The number of carbonyl (C=O) groups is 2. The molecule has 1 fully saturated rings. The monoisotopic (exact) mass is 516 g/mol. The van der Waals surface area contributed by atoms with Gasteiger partial charge in [-0.1, -0.05) is 67.6 Å². The largest absolute Gasteiger partial charge is 0.339 e. The van der Waals surface area contributed by atoms with Crippen LogP contribution in [0, 0.1) is 5.41 Å². The van der Waals surface area contributed by atoms with Crippen LogP contribution in [0.3, 0.4) is 0 Å². The Labute approximate surface area is 219 Å². The highest BCUT2D eigenvalue weighted by Crippen LogP contribution is 2.45. The molecule has 5 rings (SSSR count). The van der Waals surface area contributed by atoms with Crippen LogP contribution in [-0.2, 0) is 4.79 Å². The lowest BCUT2D eigenvalue weighted by atomic mass is 9.73. The van der Waals surface area contributed by atoms with Gasteiger partial charge in [0.2, 0.25) is 11.0 Å². The standard InChI is InChI=1S/C28H28N4O2S2/c1-28(2,26(34)30-27-31-29-18-35-27)24(20-8-4-3-5-9-20)23-15-14-22(36-23)19-10-12-21(13-11-19)25(33)32-16-6-7-17-32/h3-5,8-15,18,24H,6-7,16-17H2,1-2H3,(H,30,31,34). The predicted octanol–water partition coefficient (Wildman–Crippen LogP) is 6.30. The van der Waals surface area contributed by atoms with Crippen LogP contribution in [0.2, 0.25) is 0 Å². The summed E-state index contributed by atoms with van der Waals surface area (Å²) in [6, 6.07) is 22.2. The maximum Gasteiger partial charge on any atom is 0.253 e. The maximum atomic E-state index is 13.4. The Morgan fingerprint density at radius 3 is 2.36 bits per heavy atom. The smallest absolute Gasteiger partial charge is 0.253 e. The van der Waals surface area contributed by atoms with Gasteiger partial charge in [-0.05, 0) is 48.2 Å². The first-order valence-corrected chi connectivity index (χ1v) is 13.7. The summed E-state index contributed by atoms with van der Waals surface area (Å²) in [5.41, 5.74) is 3.73. The van der Waals surface area contributed by atoms with Crippen molar-refractivity contribution in [1.29, 1.82) is 0 Å². The van der Waals surface area contributed by atoms with Crippen molar-refractivity contribution in [3.05, 3.63) is 88.2 Å². The van der Waals surface area contributed by atoms with E-state index in [0.717, 1.165) is 52.4 Å². The van der Waals surface area contributed by atoms with E-state index in [-0.39, 0.29) is 17.7 Å². The second-order valence-corrected chi connectivity index (χ2v) is 11.5. The molecule has 4 aromatic rings. The predicted molar refractivity (Wildman–Crippen MR) is 145 cm³/mol. The van der Waals surface area contributed by atoms with Gasteiger partial charge in [-0.25, -0.2) is 0 Å². The zero-order valence-electron chi connectivity index (χ0n) is 20.3. The maximum absolute atomic E-state index is 13.4. The van der Waals surface area contributed by atoms with Crippen LogP contribution in [0.25, 0.3) is 10.4 Å². The lowest BCUT2D eigenvalue weighted by Gasteiger charge is -2.32. The first kappa shape index (κ1) is 24.3. The molecule has 1 unspecified atom stereocenters. The van der Waals surface area contributed by atoms with Crippen molar-refractivity contribution >= 4 is 39.6 Å². The molecule has 8 heteroatoms. The minimum absolute atomic E-state index is 0.104. The SMILES string of the molecule is CC(C)(C(=O)Nc1nncs1)C(c1ccccc1)c1ccc(-c2ccc(C(=O)N3CCCC3)cc2)s1. The molecule has 0 radical (unpaired) electrons. The normalized spacial score (nSPS) is 14.6. The molecular formula is C28H28N4O2S2. The third-order valence-corrected chi connectivity index (χ3v) is 8.55. The van der Waals surface area contributed by atoms with E-state index in [0.29, 0.717) is 5.13 Å². The number of anilines is 1. The van der Waals surface area contributed by atoms with Crippen LogP contribution >= 0.6 is 22.7 Å². The number of hydrogen-bond acceptors (Lipinski definition) is 6. The quantitative estimate of drug-likeness (QED) is 0.313. The summed E-state index contributed by atoms with van der Waals surface area (Å²) in [5, 5.41) is 11.2. The Bertz CT molecular complexity index is 1330. The number of carbonyl (C=O) groups excluding carboxylic acids is 2. The number of nitrogens with zero attached hydrogens (tertiary/aromatic N) is 3. The molecule has 3 heterocycles. The Balaban J connectivity index is 1.43. The number of amides is 2. The average Bonchev–Trinajstić information content (AvgIpc) is 3.68. The van der Waals surface area contributed by atoms with Gasteiger partial charge in [0.05, 0.1) is 5.41 Å². The van der Waals surface area contributed by atoms with Crippen LogP contribution in [0.4, 0.5) is 5.13 Å². The summed E-state index contributed by atoms with van der Waals surface area (Å²) in [6.07, 6.45) is 2.17. The second-order valence-electron chi connectivity index (χ2n) is 9.54. The first-order valence-electron chi connectivity index (χ1n) is 12.1. The van der Waals surface area contributed by atoms with Gasteiger partial charge in [-0.2, -0.15) is 0 Å². The van der Waals surface area contributed by atoms with Crippen molar-refractivity contribution in [2.75, 3.05) is 18.4 Å². The molecule has 0 bridgehead atoms. The molecule has 2 aromatic carbocycles. The van der Waals surface area contributed by atoms with E-state index in [1.54, 1.807) is 16.8 Å². The summed E-state index contributed by atoms with van der Waals surface area (Å²) in [4.78, 5) is 30.3. The van der Waals surface area contributed by atoms with Crippen molar-refractivity contribution in [3.8, 4) is 10.4 Å². The van der Waals surface area contributed by atoms with Crippen LogP contribution in [0.1, 0.15) is 53.4 Å². The summed E-state index contributed by atoms with van der Waals surface area (Å²) in [5.74, 6) is -0.146. The molecule has 6 nitrogen and oxygen atoms in total. The van der Waals surface area contributed by atoms with Gasteiger partial charge in [-0.3, -0.25) is 9.59 Å². The van der Waals surface area contributed by atoms with E-state index >= 15 is 0 Å². The second kappa shape index (κ2) is 10.3. The summed E-state index contributed by atoms with van der Waals surface area (Å²) in [6.45, 7) is 5.63. The number of likely N-dealkylation sites (tertiary alicyclic amines) is 1. The van der Waals surface area contributed by atoms with E-state index in [9.17, 15) is 9.59 Å². The van der Waals surface area contributed by atoms with E-state index in [2.05, 4.69) is 39.8 Å². The summed E-state index contributed by atoms with van der Waals surface area (Å²) >= 11 is 2.98. The fraction of sp³-hybridized carbons (Fsp3) is 0.286. The van der Waals surface area contributed by atoms with Crippen molar-refractivity contribution in [2.24, 2.45) is 5.41 Å². The molecule has 1 aliphatic rings. The summed E-state index contributed by atoms with van der Waals surface area (Å²) in [7, 11) is 0. The molecule has 2 amide bonds. The molecule has 0 spiro atoms. The molecular weight excluding hydrogens is 488 g/mol. The highest BCUT2D eigenvalue weighted by molar-refractivity contribution is 7.15. The molecule has 184 valence electrons. The fourth-order valence-electron chi connectivity index (χ4n) is 4.74. The minimum atomic E-state index is -0.749. The highest BCUT2D eigenvalue weighted by Gasteiger charge is 2.40. The number of nitrogens with one attached hydrogen (secondary N) is 1. The molecule has 0 aliphatic carbocycles. The lowest BCUT2D eigenvalue weighted by molar-refractivity contribution is -0.124. The molecule has 1 atom stereocenters. The molecule has 2 aromatic heterocycles. The van der Waals surface area contributed by atoms with Gasteiger partial charge in [0, 0.05) is 34.3 Å². The molecule has 1 N–H and O–H groups in total. The number of aromatic nitrogens is 2. The fourth-order valence-corrected chi connectivity index (χ4v) is 6.51. The van der Waals surface area contributed by atoms with Crippen molar-refractivity contribution in [1.82, 2.24) is 15.1 Å². The Kier molecular flexibility index (Phi) is 6.98. The number of benzene rings is 2. The number of thiophene rings is 1. The zero-order valence-corrected chi connectivity index (χ0v) is 21.9. The van der Waals surface area contributed by atoms with E-state index in [1.807, 2.05) is 61.2 Å². The van der Waals surface area contributed by atoms with E-state index in [4.69, 9.17) is 0 Å². The Morgan fingerprint density at radius 1 is 0.972 bits per heavy atom. The first-order chi connectivity index (χ1) is 17.4. The average molecular weight is 517 g/mol. The van der Waals surface area contributed by atoms with E-state index in [1.165, 1.54) is 11.3 Å². The summed E-state index contributed by atoms with van der Waals surface area (Å²) < 4.78 is 0. The highest BCUT2D eigenvalue weighted by atomic mass is 32.1. The van der Waals surface area contributed by atoms with Crippen LogP contribution < -0.4 is 5.32 Å². The molecule has 1 saturated heterocycles. The van der Waals surface area contributed by atoms with Crippen molar-refractivity contribution < 1.29 is 9.59 Å². The topological polar surface area (TPSA) is 75.2 Å². The third kappa shape index (κ3) is 4.96. The molecule has 0 saturated carbocycles.